The van der Waals surface area contributed by atoms with E-state index in [2.05, 4.69) is 20.5 Å². The molecule has 3 aromatic rings. The van der Waals surface area contributed by atoms with Crippen LogP contribution in [0.1, 0.15) is 16.8 Å². The standard InChI is InChI=1S/C20H18F3N5O3S/c1-28(32(30,31)17-8-6-15(7-9-17)20(21,22)23)18-5-3-2-4-14(18)11-26-27-19(29)10-16-12-24-13-25-16/h2-9,11-13H,10H2,1H3,(H,24,25)(H,27,29). The third-order valence-electron chi connectivity index (χ3n) is 4.41. The predicted octanol–water partition coefficient (Wildman–Crippen LogP) is 2.95. The third-order valence-corrected chi connectivity index (χ3v) is 6.20. The van der Waals surface area contributed by atoms with E-state index in [0.717, 1.165) is 16.4 Å². The molecule has 0 fully saturated rings. The number of anilines is 1. The van der Waals surface area contributed by atoms with Gasteiger partial charge in [-0.3, -0.25) is 9.10 Å². The maximum Gasteiger partial charge on any atom is 0.416 e. The number of aromatic nitrogens is 2. The van der Waals surface area contributed by atoms with Crippen LogP contribution in [0.15, 0.2) is 71.1 Å². The molecule has 1 aromatic heterocycles. The Morgan fingerprint density at radius 3 is 2.50 bits per heavy atom. The zero-order valence-electron chi connectivity index (χ0n) is 16.7. The summed E-state index contributed by atoms with van der Waals surface area (Å²) in [6, 6.07) is 9.57. The van der Waals surface area contributed by atoms with Crippen LogP contribution in [0, 0.1) is 0 Å². The van der Waals surface area contributed by atoms with Gasteiger partial charge in [0.05, 0.1) is 35.1 Å². The van der Waals surface area contributed by atoms with Gasteiger partial charge in [0.15, 0.2) is 0 Å². The lowest BCUT2D eigenvalue weighted by Crippen LogP contribution is -2.27. The molecule has 0 aliphatic heterocycles. The fraction of sp³-hybridized carbons (Fsp3) is 0.150. The second kappa shape index (κ2) is 9.22. The van der Waals surface area contributed by atoms with E-state index < -0.39 is 27.7 Å². The molecule has 3 rings (SSSR count). The molecular formula is C20H18F3N5O3S. The lowest BCUT2D eigenvalue weighted by Gasteiger charge is -2.21. The summed E-state index contributed by atoms with van der Waals surface area (Å²) in [4.78, 5) is 18.2. The molecule has 0 unspecified atom stereocenters. The van der Waals surface area contributed by atoms with Gasteiger partial charge in [-0.15, -0.1) is 0 Å². The van der Waals surface area contributed by atoms with Crippen molar-refractivity contribution in [2.24, 2.45) is 5.10 Å². The summed E-state index contributed by atoms with van der Waals surface area (Å²) in [6.07, 6.45) is -0.325. The van der Waals surface area contributed by atoms with Crippen LogP contribution in [0.3, 0.4) is 0 Å². The van der Waals surface area contributed by atoms with E-state index in [1.807, 2.05) is 0 Å². The number of benzene rings is 2. The Balaban J connectivity index is 1.78. The second-order valence-electron chi connectivity index (χ2n) is 6.60. The highest BCUT2D eigenvalue weighted by atomic mass is 32.2. The number of nitrogens with one attached hydrogen (secondary N) is 2. The number of carbonyl (C=O) groups excluding carboxylic acids is 1. The molecule has 12 heteroatoms. The minimum atomic E-state index is -4.57. The molecule has 1 amide bonds. The maximum absolute atomic E-state index is 12.9. The Hall–Kier alpha value is -3.67. The molecule has 0 radical (unpaired) electrons. The van der Waals surface area contributed by atoms with Gasteiger partial charge in [-0.25, -0.2) is 18.8 Å². The maximum atomic E-state index is 12.9. The number of aromatic amines is 1. The summed E-state index contributed by atoms with van der Waals surface area (Å²) in [5.41, 5.74) is 2.57. The van der Waals surface area contributed by atoms with Gasteiger partial charge in [-0.05, 0) is 30.3 Å². The van der Waals surface area contributed by atoms with Crippen molar-refractivity contribution >= 4 is 27.8 Å². The largest absolute Gasteiger partial charge is 0.416 e. The second-order valence-corrected chi connectivity index (χ2v) is 8.57. The molecule has 0 saturated carbocycles. The minimum Gasteiger partial charge on any atom is -0.348 e. The molecular weight excluding hydrogens is 447 g/mol. The number of nitrogens with zero attached hydrogens (tertiary/aromatic N) is 3. The van der Waals surface area contributed by atoms with Crippen molar-refractivity contribution < 1.29 is 26.4 Å². The molecule has 0 bridgehead atoms. The van der Waals surface area contributed by atoms with Crippen molar-refractivity contribution in [3.05, 3.63) is 77.9 Å². The molecule has 2 N–H and O–H groups in total. The van der Waals surface area contributed by atoms with Gasteiger partial charge >= 0.3 is 6.18 Å². The minimum absolute atomic E-state index is 0.0290. The highest BCUT2D eigenvalue weighted by Crippen LogP contribution is 2.31. The Bertz CT molecular complexity index is 1210. The van der Waals surface area contributed by atoms with Gasteiger partial charge in [-0.2, -0.15) is 18.3 Å². The number of sulfonamides is 1. The number of rotatable bonds is 7. The van der Waals surface area contributed by atoms with E-state index in [0.29, 0.717) is 23.4 Å². The molecule has 0 spiro atoms. The molecule has 168 valence electrons. The van der Waals surface area contributed by atoms with Gasteiger partial charge in [0.25, 0.3) is 10.0 Å². The number of hydrazone groups is 1. The zero-order valence-corrected chi connectivity index (χ0v) is 17.5. The van der Waals surface area contributed by atoms with E-state index in [1.165, 1.54) is 31.9 Å². The van der Waals surface area contributed by atoms with Gasteiger partial charge < -0.3 is 4.98 Å². The van der Waals surface area contributed by atoms with Gasteiger partial charge in [0.2, 0.25) is 5.91 Å². The first-order valence-electron chi connectivity index (χ1n) is 9.13. The summed E-state index contributed by atoms with van der Waals surface area (Å²) < 4.78 is 65.1. The summed E-state index contributed by atoms with van der Waals surface area (Å²) in [5.74, 6) is -0.409. The summed E-state index contributed by atoms with van der Waals surface area (Å²) >= 11 is 0. The van der Waals surface area contributed by atoms with Gasteiger partial charge in [-0.1, -0.05) is 18.2 Å². The van der Waals surface area contributed by atoms with E-state index in [-0.39, 0.29) is 17.0 Å². The van der Waals surface area contributed by atoms with Gasteiger partial charge in [0.1, 0.15) is 0 Å². The van der Waals surface area contributed by atoms with Crippen molar-refractivity contribution in [2.75, 3.05) is 11.4 Å². The molecule has 2 aromatic carbocycles. The number of carbonyl (C=O) groups is 1. The number of imidazole rings is 1. The SMILES string of the molecule is CN(c1ccccc1C=NNC(=O)Cc1cnc[nH]1)S(=O)(=O)c1ccc(C(F)(F)F)cc1. The highest BCUT2D eigenvalue weighted by molar-refractivity contribution is 7.92. The van der Waals surface area contributed by atoms with Crippen molar-refractivity contribution in [1.82, 2.24) is 15.4 Å². The highest BCUT2D eigenvalue weighted by Gasteiger charge is 2.31. The first kappa shape index (κ1) is 23.0. The molecule has 0 saturated heterocycles. The molecule has 0 atom stereocenters. The number of hydrogen-bond acceptors (Lipinski definition) is 5. The van der Waals surface area contributed by atoms with Crippen LogP contribution in [-0.2, 0) is 27.4 Å². The van der Waals surface area contributed by atoms with Crippen LogP contribution >= 0.6 is 0 Å². The number of amides is 1. The fourth-order valence-electron chi connectivity index (χ4n) is 2.75. The third kappa shape index (κ3) is 5.32. The summed E-state index contributed by atoms with van der Waals surface area (Å²) in [6.45, 7) is 0. The van der Waals surface area contributed by atoms with Gasteiger partial charge in [0, 0.05) is 24.5 Å². The van der Waals surface area contributed by atoms with Crippen LogP contribution in [0.2, 0.25) is 0 Å². The number of alkyl halides is 3. The van der Waals surface area contributed by atoms with Crippen LogP contribution in [-0.4, -0.2) is 37.6 Å². The molecule has 0 aliphatic carbocycles. The van der Waals surface area contributed by atoms with Crippen molar-refractivity contribution in [1.29, 1.82) is 0 Å². The number of hydrogen-bond donors (Lipinski definition) is 2. The lowest BCUT2D eigenvalue weighted by atomic mass is 10.2. The van der Waals surface area contributed by atoms with Crippen LogP contribution in [0.4, 0.5) is 18.9 Å². The summed E-state index contributed by atoms with van der Waals surface area (Å²) in [7, 11) is -2.87. The van der Waals surface area contributed by atoms with E-state index in [1.54, 1.807) is 18.2 Å². The van der Waals surface area contributed by atoms with Crippen molar-refractivity contribution in [2.45, 2.75) is 17.5 Å². The Morgan fingerprint density at radius 1 is 1.19 bits per heavy atom. The first-order chi connectivity index (χ1) is 15.1. The average Bonchev–Trinajstić information content (AvgIpc) is 3.26. The Morgan fingerprint density at radius 2 is 1.88 bits per heavy atom. The van der Waals surface area contributed by atoms with E-state index >= 15 is 0 Å². The zero-order chi connectivity index (χ0) is 23.4. The van der Waals surface area contributed by atoms with Crippen molar-refractivity contribution in [3.63, 3.8) is 0 Å². The van der Waals surface area contributed by atoms with Crippen LogP contribution < -0.4 is 9.73 Å². The number of halogens is 3. The average molecular weight is 465 g/mol. The fourth-order valence-corrected chi connectivity index (χ4v) is 3.98. The normalized spacial score (nSPS) is 12.1. The lowest BCUT2D eigenvalue weighted by molar-refractivity contribution is -0.137. The molecule has 0 aliphatic rings. The quantitative estimate of drug-likeness (QED) is 0.413. The van der Waals surface area contributed by atoms with Crippen LogP contribution in [0.25, 0.3) is 0 Å². The topological polar surface area (TPSA) is 108 Å². The predicted molar refractivity (Wildman–Crippen MR) is 112 cm³/mol. The molecule has 1 heterocycles. The van der Waals surface area contributed by atoms with Crippen LogP contribution in [0.5, 0.6) is 0 Å². The van der Waals surface area contributed by atoms with Crippen molar-refractivity contribution in [3.8, 4) is 0 Å². The van der Waals surface area contributed by atoms with E-state index in [9.17, 15) is 26.4 Å². The smallest absolute Gasteiger partial charge is 0.348 e. The monoisotopic (exact) mass is 465 g/mol. The number of H-pyrrole nitrogens is 1. The molecule has 32 heavy (non-hydrogen) atoms. The Kier molecular flexibility index (Phi) is 6.63. The first-order valence-corrected chi connectivity index (χ1v) is 10.6. The van der Waals surface area contributed by atoms with E-state index in [4.69, 9.17) is 0 Å². The number of para-hydroxylation sites is 1. The summed E-state index contributed by atoms with van der Waals surface area (Å²) in [5, 5.41) is 3.85. The Labute approximate surface area is 181 Å². The molecule has 8 nitrogen and oxygen atoms in total.